The van der Waals surface area contributed by atoms with Crippen LogP contribution < -0.4 is 10.2 Å². The molecule has 1 saturated heterocycles. The zero-order valence-corrected chi connectivity index (χ0v) is 16.9. The van der Waals surface area contributed by atoms with Gasteiger partial charge in [-0.3, -0.25) is 4.79 Å². The van der Waals surface area contributed by atoms with Crippen molar-refractivity contribution >= 4 is 22.8 Å². The van der Waals surface area contributed by atoms with E-state index >= 15 is 0 Å². The molecule has 0 bridgehead atoms. The summed E-state index contributed by atoms with van der Waals surface area (Å²) in [5, 5.41) is 12.8. The number of amides is 1. The second-order valence-corrected chi connectivity index (χ2v) is 7.59. The first-order chi connectivity index (χ1) is 14.8. The highest BCUT2D eigenvalue weighted by Gasteiger charge is 2.29. The SMILES string of the molecule is N#C[C@H](C(=O)NCc1ccccc1)c1nc2ccccc2nc1N1CCCCCC1. The van der Waals surface area contributed by atoms with Gasteiger partial charge in [-0.25, -0.2) is 9.97 Å². The number of nitrogens with zero attached hydrogens (tertiary/aromatic N) is 4. The topological polar surface area (TPSA) is 81.9 Å². The lowest BCUT2D eigenvalue weighted by Gasteiger charge is -2.25. The lowest BCUT2D eigenvalue weighted by molar-refractivity contribution is -0.121. The Balaban J connectivity index is 1.67. The fourth-order valence-corrected chi connectivity index (χ4v) is 3.84. The molecular formula is C24H25N5O. The van der Waals surface area contributed by atoms with Gasteiger partial charge in [0.2, 0.25) is 5.91 Å². The van der Waals surface area contributed by atoms with Gasteiger partial charge in [0.05, 0.1) is 17.1 Å². The van der Waals surface area contributed by atoms with Crippen LogP contribution in [0.15, 0.2) is 54.6 Å². The number of rotatable bonds is 5. The highest BCUT2D eigenvalue weighted by molar-refractivity contribution is 5.88. The van der Waals surface area contributed by atoms with Crippen LogP contribution in [-0.2, 0) is 11.3 Å². The Bertz CT molecular complexity index is 1050. The molecule has 0 spiro atoms. The van der Waals surface area contributed by atoms with E-state index in [1.165, 1.54) is 12.8 Å². The van der Waals surface area contributed by atoms with Crippen molar-refractivity contribution < 1.29 is 4.79 Å². The van der Waals surface area contributed by atoms with E-state index in [9.17, 15) is 10.1 Å². The maximum atomic E-state index is 13.0. The van der Waals surface area contributed by atoms with Gasteiger partial charge in [-0.1, -0.05) is 55.3 Å². The fraction of sp³-hybridized carbons (Fsp3) is 0.333. The summed E-state index contributed by atoms with van der Waals surface area (Å²) in [6.07, 6.45) is 4.52. The summed E-state index contributed by atoms with van der Waals surface area (Å²) >= 11 is 0. The molecule has 1 amide bonds. The van der Waals surface area contributed by atoms with Crippen molar-refractivity contribution in [1.29, 1.82) is 5.26 Å². The smallest absolute Gasteiger partial charge is 0.243 e. The second kappa shape index (κ2) is 9.36. The lowest BCUT2D eigenvalue weighted by atomic mass is 10.0. The van der Waals surface area contributed by atoms with Crippen LogP contribution in [0.1, 0.15) is 42.9 Å². The molecule has 6 nitrogen and oxygen atoms in total. The Labute approximate surface area is 176 Å². The highest BCUT2D eigenvalue weighted by Crippen LogP contribution is 2.29. The molecule has 2 heterocycles. The number of nitriles is 1. The molecule has 1 atom stereocenters. The maximum absolute atomic E-state index is 13.0. The highest BCUT2D eigenvalue weighted by atomic mass is 16.1. The van der Waals surface area contributed by atoms with E-state index in [0.29, 0.717) is 23.6 Å². The third-order valence-electron chi connectivity index (χ3n) is 5.46. The predicted molar refractivity (Wildman–Crippen MR) is 117 cm³/mol. The largest absolute Gasteiger partial charge is 0.355 e. The molecule has 0 aliphatic carbocycles. The van der Waals surface area contributed by atoms with Crippen molar-refractivity contribution in [1.82, 2.24) is 15.3 Å². The summed E-state index contributed by atoms with van der Waals surface area (Å²) in [6, 6.07) is 19.5. The van der Waals surface area contributed by atoms with Crippen LogP contribution in [0, 0.1) is 11.3 Å². The van der Waals surface area contributed by atoms with Crippen LogP contribution in [0.2, 0.25) is 0 Å². The van der Waals surface area contributed by atoms with E-state index in [4.69, 9.17) is 9.97 Å². The van der Waals surface area contributed by atoms with Crippen LogP contribution in [0.5, 0.6) is 0 Å². The summed E-state index contributed by atoms with van der Waals surface area (Å²) in [5.74, 6) is -0.692. The normalized spacial score (nSPS) is 15.2. The lowest BCUT2D eigenvalue weighted by Crippen LogP contribution is -2.32. The van der Waals surface area contributed by atoms with Crippen LogP contribution in [0.25, 0.3) is 11.0 Å². The number of carbonyl (C=O) groups excluding carboxylic acids is 1. The van der Waals surface area contributed by atoms with Crippen molar-refractivity contribution in [3.63, 3.8) is 0 Å². The Kier molecular flexibility index (Phi) is 6.19. The minimum absolute atomic E-state index is 0.345. The molecule has 1 aromatic heterocycles. The molecule has 152 valence electrons. The summed E-state index contributed by atoms with van der Waals surface area (Å²) in [7, 11) is 0. The number of hydrogen-bond acceptors (Lipinski definition) is 5. The molecular weight excluding hydrogens is 374 g/mol. The van der Waals surface area contributed by atoms with Crippen LogP contribution >= 0.6 is 0 Å². The molecule has 6 heteroatoms. The summed E-state index contributed by atoms with van der Waals surface area (Å²) in [5.41, 5.74) is 2.91. The second-order valence-electron chi connectivity index (χ2n) is 7.59. The van der Waals surface area contributed by atoms with E-state index in [1.54, 1.807) is 0 Å². The standard InChI is InChI=1S/C24H25N5O/c25-16-19(24(30)26-17-18-10-4-3-5-11-18)22-23(29-14-8-1-2-9-15-29)28-21-13-7-6-12-20(21)27-22/h3-7,10-13,19H,1-2,8-9,14-15,17H2,(H,26,30)/t19-/m0/s1. The van der Waals surface area contributed by atoms with Crippen molar-refractivity contribution in [2.45, 2.75) is 38.1 Å². The molecule has 0 saturated carbocycles. The fourth-order valence-electron chi connectivity index (χ4n) is 3.84. The Morgan fingerprint density at radius 3 is 2.27 bits per heavy atom. The maximum Gasteiger partial charge on any atom is 0.243 e. The van der Waals surface area contributed by atoms with E-state index in [-0.39, 0.29) is 5.91 Å². The van der Waals surface area contributed by atoms with Crippen LogP contribution in [-0.4, -0.2) is 29.0 Å². The number of aromatic nitrogens is 2. The monoisotopic (exact) mass is 399 g/mol. The first-order valence-electron chi connectivity index (χ1n) is 10.5. The molecule has 0 radical (unpaired) electrons. The van der Waals surface area contributed by atoms with Gasteiger partial charge in [0.25, 0.3) is 0 Å². The van der Waals surface area contributed by atoms with Crippen molar-refractivity contribution in [2.75, 3.05) is 18.0 Å². The average Bonchev–Trinajstić information content (AvgIpc) is 3.08. The molecule has 1 aliphatic rings. The number of nitrogens with one attached hydrogen (secondary N) is 1. The number of benzene rings is 2. The van der Waals surface area contributed by atoms with Gasteiger partial charge >= 0.3 is 0 Å². The quantitative estimate of drug-likeness (QED) is 0.703. The number of fused-ring (bicyclic) bond motifs is 1. The van der Waals surface area contributed by atoms with Crippen molar-refractivity contribution in [3.8, 4) is 6.07 Å². The minimum atomic E-state index is -1.01. The number of anilines is 1. The average molecular weight is 399 g/mol. The Morgan fingerprint density at radius 1 is 0.967 bits per heavy atom. The molecule has 1 aliphatic heterocycles. The van der Waals surface area contributed by atoms with Crippen molar-refractivity contribution in [2.24, 2.45) is 0 Å². The molecule has 30 heavy (non-hydrogen) atoms. The third kappa shape index (κ3) is 4.41. The number of para-hydroxylation sites is 2. The summed E-state index contributed by atoms with van der Waals surface area (Å²) in [4.78, 5) is 24.7. The summed E-state index contributed by atoms with van der Waals surface area (Å²) < 4.78 is 0. The molecule has 4 rings (SSSR count). The molecule has 1 N–H and O–H groups in total. The minimum Gasteiger partial charge on any atom is -0.355 e. The van der Waals surface area contributed by atoms with Crippen LogP contribution in [0.4, 0.5) is 5.82 Å². The van der Waals surface area contributed by atoms with Gasteiger partial charge in [0, 0.05) is 19.6 Å². The van der Waals surface area contributed by atoms with Gasteiger partial charge in [0.15, 0.2) is 11.7 Å². The summed E-state index contributed by atoms with van der Waals surface area (Å²) in [6.45, 7) is 2.10. The van der Waals surface area contributed by atoms with Crippen LogP contribution in [0.3, 0.4) is 0 Å². The van der Waals surface area contributed by atoms with E-state index in [0.717, 1.165) is 37.0 Å². The van der Waals surface area contributed by atoms with E-state index in [2.05, 4.69) is 16.3 Å². The van der Waals surface area contributed by atoms with Crippen molar-refractivity contribution in [3.05, 3.63) is 65.9 Å². The molecule has 3 aromatic rings. The van der Waals surface area contributed by atoms with E-state index in [1.807, 2.05) is 54.6 Å². The van der Waals surface area contributed by atoms with Gasteiger partial charge in [-0.2, -0.15) is 5.26 Å². The number of hydrogen-bond donors (Lipinski definition) is 1. The first-order valence-corrected chi connectivity index (χ1v) is 10.5. The Hall–Kier alpha value is -3.46. The van der Waals surface area contributed by atoms with Gasteiger partial charge < -0.3 is 10.2 Å². The predicted octanol–water partition coefficient (Wildman–Crippen LogP) is 3.93. The first kappa shape index (κ1) is 19.8. The van der Waals surface area contributed by atoms with Gasteiger partial charge in [0.1, 0.15) is 5.69 Å². The van der Waals surface area contributed by atoms with E-state index < -0.39 is 5.92 Å². The van der Waals surface area contributed by atoms with Gasteiger partial charge in [-0.15, -0.1) is 0 Å². The molecule has 1 fully saturated rings. The third-order valence-corrected chi connectivity index (χ3v) is 5.46. The van der Waals surface area contributed by atoms with Gasteiger partial charge in [-0.05, 0) is 30.5 Å². The Morgan fingerprint density at radius 2 is 1.60 bits per heavy atom. The molecule has 2 aromatic carbocycles. The zero-order chi connectivity index (χ0) is 20.8. The zero-order valence-electron chi connectivity index (χ0n) is 16.9. The molecule has 0 unspecified atom stereocenters. The number of carbonyl (C=O) groups is 1.